The van der Waals surface area contributed by atoms with Gasteiger partial charge in [0.1, 0.15) is 0 Å². The molecule has 2 atom stereocenters. The lowest BCUT2D eigenvalue weighted by Crippen LogP contribution is -2.73. The summed E-state index contributed by atoms with van der Waals surface area (Å²) in [4.78, 5) is 10.9. The Morgan fingerprint density at radius 1 is 1.42 bits per heavy atom. The van der Waals surface area contributed by atoms with Gasteiger partial charge in [0.15, 0.2) is 6.79 Å². The van der Waals surface area contributed by atoms with E-state index in [-0.39, 0.29) is 0 Å². The topological polar surface area (TPSA) is 65.0 Å². The van der Waals surface area contributed by atoms with Gasteiger partial charge in [-0.2, -0.15) is 22.0 Å². The molecule has 0 saturated carbocycles. The molecule has 0 bridgehead atoms. The van der Waals surface area contributed by atoms with Crippen LogP contribution >= 0.6 is 0 Å². The Labute approximate surface area is 103 Å². The van der Waals surface area contributed by atoms with E-state index in [1.807, 2.05) is 0 Å². The second kappa shape index (κ2) is 4.39. The molecule has 1 rings (SSSR count). The van der Waals surface area contributed by atoms with Crippen molar-refractivity contribution in [2.75, 3.05) is 6.79 Å². The second-order valence-corrected chi connectivity index (χ2v) is 3.69. The first kappa shape index (κ1) is 15.8. The first-order valence-corrected chi connectivity index (χ1v) is 4.71. The van der Waals surface area contributed by atoms with Gasteiger partial charge in [-0.05, 0) is 0 Å². The van der Waals surface area contributed by atoms with Crippen molar-refractivity contribution < 1.29 is 46.1 Å². The average molecular weight is 292 g/mol. The molecule has 1 N–H and O–H groups in total. The van der Waals surface area contributed by atoms with Gasteiger partial charge < -0.3 is 19.3 Å². The summed E-state index contributed by atoms with van der Waals surface area (Å²) in [6, 6.07) is 0. The lowest BCUT2D eigenvalue weighted by Gasteiger charge is -2.47. The number of carbonyl (C=O) groups is 1. The molecule has 10 heteroatoms. The zero-order valence-corrected chi connectivity index (χ0v) is 9.46. The van der Waals surface area contributed by atoms with E-state index in [2.05, 4.69) is 20.8 Å². The molecule has 1 saturated heterocycles. The zero-order chi connectivity index (χ0) is 15.1. The Morgan fingerprint density at radius 3 is 2.37 bits per heavy atom. The van der Waals surface area contributed by atoms with Crippen LogP contribution in [-0.4, -0.2) is 41.5 Å². The van der Waals surface area contributed by atoms with E-state index in [0.717, 1.165) is 0 Å². The van der Waals surface area contributed by atoms with Crippen molar-refractivity contribution in [3.63, 3.8) is 0 Å². The summed E-state index contributed by atoms with van der Waals surface area (Å²) in [7, 11) is 0. The summed E-state index contributed by atoms with van der Waals surface area (Å²) in [5, 5.41) is 9.06. The molecule has 1 fully saturated rings. The molecule has 0 aromatic heterocycles. The molecule has 0 spiro atoms. The Morgan fingerprint density at radius 2 is 1.95 bits per heavy atom. The number of carbonyl (C=O) groups excluding carboxylic acids is 1. The van der Waals surface area contributed by atoms with Crippen LogP contribution in [0.5, 0.6) is 0 Å². The van der Waals surface area contributed by atoms with Crippen molar-refractivity contribution in [3.8, 4) is 0 Å². The van der Waals surface area contributed by atoms with Crippen LogP contribution in [0.2, 0.25) is 0 Å². The molecule has 0 aromatic rings. The quantitative estimate of drug-likeness (QED) is 0.472. The molecule has 0 aliphatic carbocycles. The van der Waals surface area contributed by atoms with Crippen LogP contribution < -0.4 is 0 Å². The van der Waals surface area contributed by atoms with E-state index in [1.165, 1.54) is 0 Å². The third kappa shape index (κ3) is 2.19. The molecule has 0 radical (unpaired) electrons. The van der Waals surface area contributed by atoms with Gasteiger partial charge >= 0.3 is 23.9 Å². The average Bonchev–Trinajstić information content (AvgIpc) is 2.24. The number of hydrogen-bond donors (Lipinski definition) is 1. The van der Waals surface area contributed by atoms with E-state index >= 15 is 0 Å². The van der Waals surface area contributed by atoms with Gasteiger partial charge in [-0.15, -0.1) is 0 Å². The third-order valence-electron chi connectivity index (χ3n) is 2.44. The highest BCUT2D eigenvalue weighted by atomic mass is 19.4. The molecular weight excluding hydrogens is 283 g/mol. The molecule has 1 aliphatic rings. The molecule has 1 heterocycles. The number of esters is 1. The van der Waals surface area contributed by atoms with Crippen molar-refractivity contribution in [2.45, 2.75) is 30.6 Å². The summed E-state index contributed by atoms with van der Waals surface area (Å²) < 4.78 is 76.9. The van der Waals surface area contributed by atoms with Crippen molar-refractivity contribution in [2.24, 2.45) is 0 Å². The van der Waals surface area contributed by atoms with Gasteiger partial charge in [-0.25, -0.2) is 4.79 Å². The maximum Gasteiger partial charge on any atom is 0.450 e. The van der Waals surface area contributed by atoms with Crippen LogP contribution in [0.15, 0.2) is 12.7 Å². The zero-order valence-electron chi connectivity index (χ0n) is 9.46. The number of alkyl halides is 5. The Hall–Kier alpha value is -1.26. The van der Waals surface area contributed by atoms with Gasteiger partial charge in [0.2, 0.25) is 0 Å². The Balaban J connectivity index is 3.23. The minimum atomic E-state index is -5.83. The van der Waals surface area contributed by atoms with Crippen LogP contribution in [0.3, 0.4) is 0 Å². The first-order valence-electron chi connectivity index (χ1n) is 4.71. The fourth-order valence-corrected chi connectivity index (χ4v) is 1.30. The highest BCUT2D eigenvalue weighted by Gasteiger charge is 2.81. The lowest BCUT2D eigenvalue weighted by atomic mass is 9.99. The summed E-state index contributed by atoms with van der Waals surface area (Å²) in [6.07, 6.45) is -5.38. The summed E-state index contributed by atoms with van der Waals surface area (Å²) in [6.45, 7) is 1.91. The second-order valence-electron chi connectivity index (χ2n) is 3.69. The van der Waals surface area contributed by atoms with Crippen molar-refractivity contribution in [1.82, 2.24) is 0 Å². The normalized spacial score (nSPS) is 34.7. The molecule has 1 aliphatic heterocycles. The summed E-state index contributed by atoms with van der Waals surface area (Å²) >= 11 is 0. The standard InChI is InChI=1S/C9H9F5O5/c1-3-5(15)19-6(2)7(10,11)8(16,9(12,13)14)18-4-17-6/h3,16H,1,4H2,2H3. The number of halogens is 5. The van der Waals surface area contributed by atoms with Gasteiger partial charge in [0.25, 0.3) is 5.79 Å². The highest BCUT2D eigenvalue weighted by Crippen LogP contribution is 2.52. The number of hydrogen-bond acceptors (Lipinski definition) is 5. The number of aliphatic hydroxyl groups is 1. The highest BCUT2D eigenvalue weighted by molar-refractivity contribution is 5.81. The lowest BCUT2D eigenvalue weighted by molar-refractivity contribution is -0.525. The monoisotopic (exact) mass is 292 g/mol. The van der Waals surface area contributed by atoms with E-state index < -0.39 is 36.4 Å². The predicted molar refractivity (Wildman–Crippen MR) is 47.7 cm³/mol. The van der Waals surface area contributed by atoms with Crippen LogP contribution in [0, 0.1) is 0 Å². The van der Waals surface area contributed by atoms with Crippen LogP contribution in [0.25, 0.3) is 0 Å². The smallest absolute Gasteiger partial charge is 0.423 e. The molecule has 0 amide bonds. The van der Waals surface area contributed by atoms with E-state index in [1.54, 1.807) is 0 Å². The van der Waals surface area contributed by atoms with Gasteiger partial charge in [-0.3, -0.25) is 0 Å². The van der Waals surface area contributed by atoms with Crippen LogP contribution in [0.1, 0.15) is 6.92 Å². The van der Waals surface area contributed by atoms with E-state index in [0.29, 0.717) is 13.0 Å². The molecule has 2 unspecified atom stereocenters. The maximum absolute atomic E-state index is 13.8. The largest absolute Gasteiger partial charge is 0.450 e. The molecular formula is C9H9F5O5. The summed E-state index contributed by atoms with van der Waals surface area (Å²) in [5.41, 5.74) is 0. The van der Waals surface area contributed by atoms with Crippen molar-refractivity contribution >= 4 is 5.97 Å². The number of rotatable bonds is 2. The Bertz CT molecular complexity index is 395. The van der Waals surface area contributed by atoms with Crippen molar-refractivity contribution in [3.05, 3.63) is 12.7 Å². The minimum Gasteiger partial charge on any atom is -0.423 e. The van der Waals surface area contributed by atoms with E-state index in [9.17, 15) is 26.7 Å². The third-order valence-corrected chi connectivity index (χ3v) is 2.44. The molecule has 0 aromatic carbocycles. The fraction of sp³-hybridized carbons (Fsp3) is 0.667. The van der Waals surface area contributed by atoms with E-state index in [4.69, 9.17) is 5.11 Å². The summed E-state index contributed by atoms with van der Waals surface area (Å²) in [5.74, 6) is -14.8. The van der Waals surface area contributed by atoms with Gasteiger partial charge in [-0.1, -0.05) is 6.58 Å². The van der Waals surface area contributed by atoms with Crippen LogP contribution in [-0.2, 0) is 19.0 Å². The minimum absolute atomic E-state index is 0.369. The molecule has 19 heavy (non-hydrogen) atoms. The predicted octanol–water partition coefficient (Wildman–Crippen LogP) is 1.32. The van der Waals surface area contributed by atoms with Gasteiger partial charge in [0, 0.05) is 13.0 Å². The Kier molecular flexibility index (Phi) is 3.65. The van der Waals surface area contributed by atoms with Gasteiger partial charge in [0.05, 0.1) is 0 Å². The molecule has 110 valence electrons. The molecule has 5 nitrogen and oxygen atoms in total. The van der Waals surface area contributed by atoms with Crippen LogP contribution in [0.4, 0.5) is 22.0 Å². The SMILES string of the molecule is C=CC(=O)OC1(C)OCOC(O)(C(F)(F)F)C1(F)F. The first-order chi connectivity index (χ1) is 8.41. The van der Waals surface area contributed by atoms with Crippen molar-refractivity contribution in [1.29, 1.82) is 0 Å². The fourth-order valence-electron chi connectivity index (χ4n) is 1.30. The maximum atomic E-state index is 13.8. The number of ether oxygens (including phenoxy) is 3.